The molecular formula is C32H66NO6P. The third-order valence-electron chi connectivity index (χ3n) is 7.08. The fraction of sp³-hybridized carbons (Fsp3) is 0.938. The van der Waals surface area contributed by atoms with E-state index in [0.717, 1.165) is 23.9 Å². The summed E-state index contributed by atoms with van der Waals surface area (Å²) < 4.78 is 33.6. The molecule has 0 saturated carbocycles. The zero-order chi connectivity index (χ0) is 29.8. The summed E-state index contributed by atoms with van der Waals surface area (Å²) in [4.78, 5) is 11.9. The highest BCUT2D eigenvalue weighted by Crippen LogP contribution is 2.38. The van der Waals surface area contributed by atoms with Crippen molar-refractivity contribution in [1.82, 2.24) is 0 Å². The smallest absolute Gasteiger partial charge is 0.267 e. The van der Waals surface area contributed by atoms with E-state index >= 15 is 0 Å². The highest BCUT2D eigenvalue weighted by molar-refractivity contribution is 7.45. The van der Waals surface area contributed by atoms with Crippen LogP contribution in [0.4, 0.5) is 0 Å². The second kappa shape index (κ2) is 27.6. The van der Waals surface area contributed by atoms with Crippen molar-refractivity contribution in [3.8, 4) is 0 Å². The zero-order valence-electron chi connectivity index (χ0n) is 27.0. The Morgan fingerprint density at radius 2 is 1.18 bits per heavy atom. The van der Waals surface area contributed by atoms with Crippen LogP contribution in [0.2, 0.25) is 0 Å². The van der Waals surface area contributed by atoms with Crippen molar-refractivity contribution < 1.29 is 32.5 Å². The standard InChI is InChI=1S/C32H66NO6P/c1-6-7-8-9-10-11-12-13-14-15-16-17-18-19-20-21-22-23-24-25-28-37-30-32(36-5)31-39-40(34,35)38-29-26-27-33(2,3)4/h13-14,32H,6-12,15-31H2,1-5H3/b14-13-. The summed E-state index contributed by atoms with van der Waals surface area (Å²) in [5.41, 5.74) is 0. The van der Waals surface area contributed by atoms with Gasteiger partial charge in [-0.05, 0) is 32.1 Å². The van der Waals surface area contributed by atoms with Crippen LogP contribution in [-0.2, 0) is 23.1 Å². The Balaban J connectivity index is 3.47. The van der Waals surface area contributed by atoms with E-state index in [1.54, 1.807) is 0 Å². The van der Waals surface area contributed by atoms with E-state index in [4.69, 9.17) is 18.5 Å². The molecule has 0 spiro atoms. The predicted molar refractivity (Wildman–Crippen MR) is 167 cm³/mol. The monoisotopic (exact) mass is 591 g/mol. The minimum absolute atomic E-state index is 0.0947. The minimum Gasteiger partial charge on any atom is -0.756 e. The Morgan fingerprint density at radius 1 is 0.675 bits per heavy atom. The molecule has 0 radical (unpaired) electrons. The molecule has 0 amide bonds. The molecular weight excluding hydrogens is 525 g/mol. The van der Waals surface area contributed by atoms with Crippen molar-refractivity contribution in [2.45, 2.75) is 135 Å². The van der Waals surface area contributed by atoms with Gasteiger partial charge >= 0.3 is 0 Å². The fourth-order valence-electron chi connectivity index (χ4n) is 4.48. The fourth-order valence-corrected chi connectivity index (χ4v) is 5.26. The third-order valence-corrected chi connectivity index (χ3v) is 8.04. The van der Waals surface area contributed by atoms with Crippen LogP contribution in [-0.4, -0.2) is 71.8 Å². The maximum absolute atomic E-state index is 11.9. The number of phosphoric acid groups is 1. The number of unbranched alkanes of at least 4 members (excludes halogenated alkanes) is 16. The molecule has 2 unspecified atom stereocenters. The maximum atomic E-state index is 11.9. The first kappa shape index (κ1) is 39.7. The van der Waals surface area contributed by atoms with Crippen LogP contribution in [0.15, 0.2) is 12.2 Å². The lowest BCUT2D eigenvalue weighted by Crippen LogP contribution is -2.35. The number of phosphoric ester groups is 1. The first-order valence-corrected chi connectivity index (χ1v) is 17.8. The molecule has 0 fully saturated rings. The van der Waals surface area contributed by atoms with E-state index in [2.05, 4.69) is 40.2 Å². The van der Waals surface area contributed by atoms with Crippen LogP contribution in [0.1, 0.15) is 129 Å². The molecule has 0 aliphatic carbocycles. The molecule has 0 saturated heterocycles. The molecule has 0 aromatic heterocycles. The predicted octanol–water partition coefficient (Wildman–Crippen LogP) is 8.21. The molecule has 0 aliphatic rings. The van der Waals surface area contributed by atoms with Crippen molar-refractivity contribution >= 4 is 7.82 Å². The van der Waals surface area contributed by atoms with Crippen LogP contribution in [0.25, 0.3) is 0 Å². The summed E-state index contributed by atoms with van der Waals surface area (Å²) in [5.74, 6) is 0. The highest BCUT2D eigenvalue weighted by Gasteiger charge is 2.16. The van der Waals surface area contributed by atoms with Crippen molar-refractivity contribution in [2.24, 2.45) is 0 Å². The zero-order valence-corrected chi connectivity index (χ0v) is 27.9. The third kappa shape index (κ3) is 30.7. The summed E-state index contributed by atoms with van der Waals surface area (Å²) in [7, 11) is 3.37. The molecule has 0 aromatic carbocycles. The van der Waals surface area contributed by atoms with Gasteiger partial charge < -0.3 is 27.9 Å². The second-order valence-corrected chi connectivity index (χ2v) is 13.6. The SMILES string of the molecule is CCCCCCCC/C=C\CCCCCCCCCCCCOCC(COP(=O)([O-])OCCC[N+](C)(C)C)OC. The summed E-state index contributed by atoms with van der Waals surface area (Å²) in [5, 5.41) is 0. The van der Waals surface area contributed by atoms with Gasteiger partial charge in [0.05, 0.1) is 47.5 Å². The first-order valence-electron chi connectivity index (χ1n) is 16.4. The van der Waals surface area contributed by atoms with Crippen molar-refractivity contribution in [3.63, 3.8) is 0 Å². The summed E-state index contributed by atoms with van der Waals surface area (Å²) in [6.45, 7) is 4.10. The molecule has 0 rings (SSSR count). The summed E-state index contributed by atoms with van der Waals surface area (Å²) in [6, 6.07) is 0. The van der Waals surface area contributed by atoms with E-state index in [1.807, 2.05) is 0 Å². The average molecular weight is 592 g/mol. The Hall–Kier alpha value is -0.270. The molecule has 0 aromatic rings. The molecule has 40 heavy (non-hydrogen) atoms. The molecule has 240 valence electrons. The van der Waals surface area contributed by atoms with Gasteiger partial charge in [-0.1, -0.05) is 103 Å². The van der Waals surface area contributed by atoms with Crippen LogP contribution in [0, 0.1) is 0 Å². The molecule has 8 heteroatoms. The van der Waals surface area contributed by atoms with Gasteiger partial charge in [0.2, 0.25) is 0 Å². The van der Waals surface area contributed by atoms with Crippen LogP contribution < -0.4 is 4.89 Å². The van der Waals surface area contributed by atoms with Gasteiger partial charge in [0.1, 0.15) is 6.10 Å². The molecule has 0 bridgehead atoms. The van der Waals surface area contributed by atoms with E-state index in [-0.39, 0.29) is 13.2 Å². The topological polar surface area (TPSA) is 77.1 Å². The second-order valence-electron chi connectivity index (χ2n) is 12.2. The summed E-state index contributed by atoms with van der Waals surface area (Å²) in [6.07, 6.45) is 28.7. The lowest BCUT2D eigenvalue weighted by atomic mass is 10.1. The van der Waals surface area contributed by atoms with Crippen molar-refractivity contribution in [2.75, 3.05) is 61.2 Å². The minimum atomic E-state index is -4.32. The number of hydrogen-bond donors (Lipinski definition) is 0. The highest BCUT2D eigenvalue weighted by atomic mass is 31.2. The van der Waals surface area contributed by atoms with E-state index in [0.29, 0.717) is 19.6 Å². The van der Waals surface area contributed by atoms with Gasteiger partial charge in [-0.2, -0.15) is 0 Å². The number of quaternary nitrogens is 1. The number of nitrogens with zero attached hydrogens (tertiary/aromatic N) is 1. The Labute approximate surface area is 248 Å². The normalized spacial score (nSPS) is 14.7. The van der Waals surface area contributed by atoms with Crippen LogP contribution >= 0.6 is 7.82 Å². The van der Waals surface area contributed by atoms with Crippen molar-refractivity contribution in [1.29, 1.82) is 0 Å². The van der Waals surface area contributed by atoms with Gasteiger partial charge in [0.15, 0.2) is 0 Å². The van der Waals surface area contributed by atoms with Gasteiger partial charge in [-0.3, -0.25) is 4.57 Å². The number of hydrogen-bond acceptors (Lipinski definition) is 6. The average Bonchev–Trinajstić information content (AvgIpc) is 2.90. The Morgan fingerprint density at radius 3 is 1.68 bits per heavy atom. The molecule has 7 nitrogen and oxygen atoms in total. The van der Waals surface area contributed by atoms with E-state index < -0.39 is 13.9 Å². The first-order chi connectivity index (χ1) is 19.2. The Kier molecular flexibility index (Phi) is 27.4. The molecule has 2 atom stereocenters. The molecule has 0 aliphatic heterocycles. The Bertz CT molecular complexity index is 611. The molecule has 0 N–H and O–H groups in total. The van der Waals surface area contributed by atoms with Crippen molar-refractivity contribution in [3.05, 3.63) is 12.2 Å². The van der Waals surface area contributed by atoms with Gasteiger partial charge in [-0.15, -0.1) is 0 Å². The summed E-state index contributed by atoms with van der Waals surface area (Å²) >= 11 is 0. The van der Waals surface area contributed by atoms with Crippen LogP contribution in [0.3, 0.4) is 0 Å². The van der Waals surface area contributed by atoms with Gasteiger partial charge in [0, 0.05) is 20.1 Å². The lowest BCUT2D eigenvalue weighted by Gasteiger charge is -2.27. The number of allylic oxidation sites excluding steroid dienone is 2. The van der Waals surface area contributed by atoms with Crippen LogP contribution in [0.5, 0.6) is 0 Å². The maximum Gasteiger partial charge on any atom is 0.267 e. The largest absolute Gasteiger partial charge is 0.756 e. The quantitative estimate of drug-likeness (QED) is 0.0350. The number of rotatable bonds is 31. The molecule has 0 heterocycles. The lowest BCUT2D eigenvalue weighted by molar-refractivity contribution is -0.870. The number of ether oxygens (including phenoxy) is 2. The van der Waals surface area contributed by atoms with Gasteiger partial charge in [0.25, 0.3) is 7.82 Å². The van der Waals surface area contributed by atoms with E-state index in [1.165, 1.54) is 110 Å². The number of methoxy groups -OCH3 is 1. The van der Waals surface area contributed by atoms with E-state index in [9.17, 15) is 9.46 Å². The van der Waals surface area contributed by atoms with Gasteiger partial charge in [-0.25, -0.2) is 0 Å².